The second-order valence-electron chi connectivity index (χ2n) is 6.93. The quantitative estimate of drug-likeness (QED) is 0.421. The Bertz CT molecular complexity index is 1020. The van der Waals surface area contributed by atoms with E-state index in [9.17, 15) is 4.79 Å². The molecule has 0 aliphatic carbocycles. The van der Waals surface area contributed by atoms with E-state index < -0.39 is 0 Å². The van der Waals surface area contributed by atoms with Gasteiger partial charge in [-0.05, 0) is 61.7 Å². The first-order chi connectivity index (χ1) is 14.6. The van der Waals surface area contributed by atoms with Crippen LogP contribution < -0.4 is 10.2 Å². The number of thioether (sulfide) groups is 1. The van der Waals surface area contributed by atoms with E-state index in [0.717, 1.165) is 47.3 Å². The number of carbonyl (C=O) groups excluding carboxylic acids is 1. The first-order valence-corrected chi connectivity index (χ1v) is 11.8. The lowest BCUT2D eigenvalue weighted by Crippen LogP contribution is -2.30. The summed E-state index contributed by atoms with van der Waals surface area (Å²) in [6, 6.07) is 13.2. The van der Waals surface area contributed by atoms with Crippen molar-refractivity contribution in [3.8, 4) is 11.5 Å². The number of rotatable bonds is 6. The maximum Gasteiger partial charge on any atom is 0.277 e. The Morgan fingerprint density at radius 2 is 1.90 bits per heavy atom. The zero-order valence-electron chi connectivity index (χ0n) is 16.1. The van der Waals surface area contributed by atoms with Gasteiger partial charge in [-0.3, -0.25) is 4.79 Å². The van der Waals surface area contributed by atoms with Crippen LogP contribution in [0.5, 0.6) is 0 Å². The summed E-state index contributed by atoms with van der Waals surface area (Å²) in [6.07, 6.45) is 3.56. The van der Waals surface area contributed by atoms with Gasteiger partial charge >= 0.3 is 0 Å². The van der Waals surface area contributed by atoms with Crippen LogP contribution in [0.3, 0.4) is 0 Å². The third kappa shape index (κ3) is 5.36. The molecule has 0 atom stereocenters. The molecule has 156 valence electrons. The molecule has 1 aromatic heterocycles. The second kappa shape index (κ2) is 9.85. The van der Waals surface area contributed by atoms with Gasteiger partial charge in [0.2, 0.25) is 11.8 Å². The van der Waals surface area contributed by atoms with Gasteiger partial charge in [0.05, 0.1) is 17.1 Å². The molecule has 4 rings (SSSR count). The Morgan fingerprint density at radius 1 is 1.13 bits per heavy atom. The summed E-state index contributed by atoms with van der Waals surface area (Å²) in [5, 5.41) is 12.0. The molecule has 0 unspecified atom stereocenters. The first kappa shape index (κ1) is 21.2. The Labute approximate surface area is 192 Å². The maximum atomic E-state index is 12.6. The summed E-state index contributed by atoms with van der Waals surface area (Å²) >= 11 is 10.8. The van der Waals surface area contributed by atoms with Crippen LogP contribution in [-0.2, 0) is 4.79 Å². The fourth-order valence-corrected chi connectivity index (χ4v) is 4.31. The number of nitrogens with zero attached hydrogens (tertiary/aromatic N) is 3. The smallest absolute Gasteiger partial charge is 0.277 e. The highest BCUT2D eigenvalue weighted by Crippen LogP contribution is 2.32. The highest BCUT2D eigenvalue weighted by atomic mass is 79.9. The van der Waals surface area contributed by atoms with Crippen LogP contribution in [0.2, 0.25) is 5.02 Å². The van der Waals surface area contributed by atoms with E-state index in [1.54, 1.807) is 6.07 Å². The number of halogens is 2. The van der Waals surface area contributed by atoms with Gasteiger partial charge in [-0.2, -0.15) is 0 Å². The standard InChI is InChI=1S/C21H20BrClN4O2S/c22-15-6-4-14(5-7-15)20-25-26-21(29-20)30-13-19(28)24-17-12-16(23)8-9-18(17)27-10-2-1-3-11-27/h4-9,12H,1-3,10-11,13H2,(H,24,28). The molecule has 1 aliphatic rings. The summed E-state index contributed by atoms with van der Waals surface area (Å²) in [7, 11) is 0. The van der Waals surface area contributed by atoms with E-state index in [0.29, 0.717) is 16.1 Å². The molecular weight excluding hydrogens is 488 g/mol. The molecule has 0 radical (unpaired) electrons. The highest BCUT2D eigenvalue weighted by Gasteiger charge is 2.17. The number of hydrogen-bond donors (Lipinski definition) is 1. The summed E-state index contributed by atoms with van der Waals surface area (Å²) in [4.78, 5) is 14.9. The lowest BCUT2D eigenvalue weighted by Gasteiger charge is -2.30. The lowest BCUT2D eigenvalue weighted by molar-refractivity contribution is -0.113. The van der Waals surface area contributed by atoms with Gasteiger partial charge < -0.3 is 14.6 Å². The number of piperidine rings is 1. The molecule has 6 nitrogen and oxygen atoms in total. The minimum Gasteiger partial charge on any atom is -0.411 e. The predicted octanol–water partition coefficient (Wildman–Crippen LogP) is 5.87. The van der Waals surface area contributed by atoms with Gasteiger partial charge in [-0.25, -0.2) is 0 Å². The third-order valence-electron chi connectivity index (χ3n) is 4.75. The predicted molar refractivity (Wildman–Crippen MR) is 124 cm³/mol. The summed E-state index contributed by atoms with van der Waals surface area (Å²) < 4.78 is 6.64. The molecule has 9 heteroatoms. The number of anilines is 2. The van der Waals surface area contributed by atoms with E-state index in [1.807, 2.05) is 36.4 Å². The van der Waals surface area contributed by atoms with E-state index >= 15 is 0 Å². The Morgan fingerprint density at radius 3 is 2.67 bits per heavy atom. The largest absolute Gasteiger partial charge is 0.411 e. The molecule has 1 N–H and O–H groups in total. The minimum absolute atomic E-state index is 0.149. The second-order valence-corrected chi connectivity index (χ2v) is 9.20. The molecule has 30 heavy (non-hydrogen) atoms. The van der Waals surface area contributed by atoms with Crippen LogP contribution in [-0.4, -0.2) is 34.9 Å². The summed E-state index contributed by atoms with van der Waals surface area (Å²) in [5.74, 6) is 0.435. The van der Waals surface area contributed by atoms with Gasteiger partial charge in [-0.15, -0.1) is 10.2 Å². The molecule has 0 bridgehead atoms. The van der Waals surface area contributed by atoms with Crippen LogP contribution in [0, 0.1) is 0 Å². The number of benzene rings is 2. The fourth-order valence-electron chi connectivity index (χ4n) is 3.31. The molecule has 0 spiro atoms. The first-order valence-electron chi connectivity index (χ1n) is 9.65. The molecular formula is C21H20BrClN4O2S. The maximum absolute atomic E-state index is 12.6. The number of carbonyl (C=O) groups is 1. The molecule has 0 saturated carbocycles. The fraction of sp³-hybridized carbons (Fsp3) is 0.286. The number of nitrogens with one attached hydrogen (secondary N) is 1. The van der Waals surface area contributed by atoms with Crippen LogP contribution in [0.15, 0.2) is 56.6 Å². The van der Waals surface area contributed by atoms with E-state index in [1.165, 1.54) is 18.2 Å². The van der Waals surface area contributed by atoms with Gasteiger partial charge in [0, 0.05) is 28.1 Å². The summed E-state index contributed by atoms with van der Waals surface area (Å²) in [5.41, 5.74) is 2.57. The molecule has 1 saturated heterocycles. The van der Waals surface area contributed by atoms with Crippen molar-refractivity contribution in [2.45, 2.75) is 24.5 Å². The number of aromatic nitrogens is 2. The molecule has 2 heterocycles. The molecule has 1 fully saturated rings. The van der Waals surface area contributed by atoms with Crippen molar-refractivity contribution < 1.29 is 9.21 Å². The topological polar surface area (TPSA) is 71.3 Å². The van der Waals surface area contributed by atoms with Crippen molar-refractivity contribution in [2.75, 3.05) is 29.1 Å². The molecule has 3 aromatic rings. The van der Waals surface area contributed by atoms with Crippen molar-refractivity contribution >= 4 is 56.6 Å². The van der Waals surface area contributed by atoms with Crippen LogP contribution >= 0.6 is 39.3 Å². The Hall–Kier alpha value is -2.03. The van der Waals surface area contributed by atoms with Crippen LogP contribution in [0.1, 0.15) is 19.3 Å². The normalized spacial score (nSPS) is 14.0. The zero-order valence-corrected chi connectivity index (χ0v) is 19.3. The van der Waals surface area contributed by atoms with Gasteiger partial charge in [0.25, 0.3) is 5.22 Å². The monoisotopic (exact) mass is 506 g/mol. The van der Waals surface area contributed by atoms with Gasteiger partial charge in [0.15, 0.2) is 0 Å². The lowest BCUT2D eigenvalue weighted by atomic mass is 10.1. The average Bonchev–Trinajstić information content (AvgIpc) is 3.23. The van der Waals surface area contributed by atoms with Gasteiger partial charge in [0.1, 0.15) is 0 Å². The Kier molecular flexibility index (Phi) is 6.97. The number of hydrogen-bond acceptors (Lipinski definition) is 6. The number of amides is 1. The van der Waals surface area contributed by atoms with Crippen molar-refractivity contribution in [1.29, 1.82) is 0 Å². The minimum atomic E-state index is -0.149. The molecule has 2 aromatic carbocycles. The van der Waals surface area contributed by atoms with Crippen LogP contribution in [0.4, 0.5) is 11.4 Å². The van der Waals surface area contributed by atoms with Crippen molar-refractivity contribution in [1.82, 2.24) is 10.2 Å². The summed E-state index contributed by atoms with van der Waals surface area (Å²) in [6.45, 7) is 1.97. The van der Waals surface area contributed by atoms with Crippen molar-refractivity contribution in [2.24, 2.45) is 0 Å². The van der Waals surface area contributed by atoms with Crippen molar-refractivity contribution in [3.63, 3.8) is 0 Å². The van der Waals surface area contributed by atoms with Crippen LogP contribution in [0.25, 0.3) is 11.5 Å². The average molecular weight is 508 g/mol. The molecule has 1 aliphatic heterocycles. The van der Waals surface area contributed by atoms with E-state index in [4.69, 9.17) is 16.0 Å². The molecule has 1 amide bonds. The zero-order chi connectivity index (χ0) is 20.9. The van der Waals surface area contributed by atoms with E-state index in [2.05, 4.69) is 36.3 Å². The Balaban J connectivity index is 1.38. The highest BCUT2D eigenvalue weighted by molar-refractivity contribution is 9.10. The van der Waals surface area contributed by atoms with E-state index in [-0.39, 0.29) is 11.7 Å². The van der Waals surface area contributed by atoms with Gasteiger partial charge in [-0.1, -0.05) is 39.3 Å². The van der Waals surface area contributed by atoms with Crippen molar-refractivity contribution in [3.05, 3.63) is 52.0 Å². The third-order valence-corrected chi connectivity index (χ3v) is 6.34. The SMILES string of the molecule is O=C(CSc1nnc(-c2ccc(Br)cc2)o1)Nc1cc(Cl)ccc1N1CCCCC1.